The molecule has 8 heteroatoms. The summed E-state index contributed by atoms with van der Waals surface area (Å²) < 4.78 is 0. The molecule has 0 atom stereocenters. The van der Waals surface area contributed by atoms with E-state index >= 15 is 0 Å². The number of aliphatic imine (C=N–C) groups is 1. The Morgan fingerprint density at radius 2 is 2.00 bits per heavy atom. The molecule has 1 aromatic heterocycles. The Morgan fingerprint density at radius 1 is 1.32 bits per heavy atom. The predicted molar refractivity (Wildman–Crippen MR) is 110 cm³/mol. The lowest BCUT2D eigenvalue weighted by Gasteiger charge is -2.14. The summed E-state index contributed by atoms with van der Waals surface area (Å²) in [5.74, 6) is 1.65. The zero-order valence-electron chi connectivity index (χ0n) is 16.2. The van der Waals surface area contributed by atoms with Crippen molar-refractivity contribution in [1.29, 1.82) is 0 Å². The number of hydrogen-bond donors (Lipinski definition) is 2. The van der Waals surface area contributed by atoms with E-state index < -0.39 is 0 Å². The van der Waals surface area contributed by atoms with E-state index in [0.717, 1.165) is 36.0 Å². The summed E-state index contributed by atoms with van der Waals surface area (Å²) in [6.45, 7) is 8.22. The number of nitrogens with one attached hydrogen (secondary N) is 2. The number of thiazole rings is 1. The lowest BCUT2D eigenvalue weighted by Crippen LogP contribution is -2.40. The second-order valence-electron chi connectivity index (χ2n) is 6.94. The zero-order valence-corrected chi connectivity index (χ0v) is 17.8. The fraction of sp³-hybridized carbons (Fsp3) is 0.706. The van der Waals surface area contributed by atoms with Gasteiger partial charge in [0.15, 0.2) is 5.96 Å². The fourth-order valence-corrected chi connectivity index (χ4v) is 3.06. The molecular weight excluding hydrogens is 354 g/mol. The Bertz CT molecular complexity index is 564. The Hall–Kier alpha value is -1.28. The molecule has 0 unspecified atom stereocenters. The van der Waals surface area contributed by atoms with E-state index in [2.05, 4.69) is 48.0 Å². The third kappa shape index (κ3) is 8.58. The lowest BCUT2D eigenvalue weighted by atomic mass is 9.98. The van der Waals surface area contributed by atoms with Crippen molar-refractivity contribution in [2.24, 2.45) is 4.99 Å². The SMILES string of the molecule is CSCCNC(=NCC(=O)N(C)C)NCCc1csc(C(C)(C)C)n1. The van der Waals surface area contributed by atoms with Crippen molar-refractivity contribution in [2.75, 3.05) is 45.7 Å². The number of carbonyl (C=O) groups is 1. The quantitative estimate of drug-likeness (QED) is 0.407. The molecule has 0 aromatic carbocycles. The Balaban J connectivity index is 2.54. The van der Waals surface area contributed by atoms with Gasteiger partial charge in [0.05, 0.1) is 10.7 Å². The molecule has 1 rings (SSSR count). The third-order valence-electron chi connectivity index (χ3n) is 3.34. The first-order valence-corrected chi connectivity index (χ1v) is 10.7. The van der Waals surface area contributed by atoms with Gasteiger partial charge < -0.3 is 15.5 Å². The van der Waals surface area contributed by atoms with Gasteiger partial charge in [-0.2, -0.15) is 11.8 Å². The van der Waals surface area contributed by atoms with Crippen LogP contribution in [0.5, 0.6) is 0 Å². The first kappa shape index (κ1) is 21.8. The average molecular weight is 386 g/mol. The molecule has 25 heavy (non-hydrogen) atoms. The van der Waals surface area contributed by atoms with Crippen molar-refractivity contribution >= 4 is 35.0 Å². The number of thioether (sulfide) groups is 1. The molecule has 6 nitrogen and oxygen atoms in total. The topological polar surface area (TPSA) is 69.6 Å². The summed E-state index contributed by atoms with van der Waals surface area (Å²) in [6.07, 6.45) is 2.90. The van der Waals surface area contributed by atoms with E-state index in [1.54, 1.807) is 42.1 Å². The maximum absolute atomic E-state index is 11.7. The van der Waals surface area contributed by atoms with Crippen LogP contribution in [0, 0.1) is 0 Å². The monoisotopic (exact) mass is 385 g/mol. The third-order valence-corrected chi connectivity index (χ3v) is 5.27. The Labute approximate surface area is 159 Å². The minimum absolute atomic E-state index is 0.0136. The van der Waals surface area contributed by atoms with Crippen LogP contribution in [0.3, 0.4) is 0 Å². The highest BCUT2D eigenvalue weighted by Crippen LogP contribution is 2.25. The number of guanidine groups is 1. The molecule has 2 N–H and O–H groups in total. The van der Waals surface area contributed by atoms with E-state index in [-0.39, 0.29) is 17.9 Å². The molecule has 0 aliphatic heterocycles. The van der Waals surface area contributed by atoms with Gasteiger partial charge in [-0.3, -0.25) is 4.79 Å². The second-order valence-corrected chi connectivity index (χ2v) is 8.79. The smallest absolute Gasteiger partial charge is 0.243 e. The van der Waals surface area contributed by atoms with Crippen molar-refractivity contribution in [3.63, 3.8) is 0 Å². The molecule has 1 aromatic rings. The maximum atomic E-state index is 11.7. The van der Waals surface area contributed by atoms with Crippen LogP contribution >= 0.6 is 23.1 Å². The van der Waals surface area contributed by atoms with E-state index in [1.165, 1.54) is 0 Å². The van der Waals surface area contributed by atoms with Crippen molar-refractivity contribution in [1.82, 2.24) is 20.5 Å². The summed E-state index contributed by atoms with van der Waals surface area (Å²) in [4.78, 5) is 22.3. The van der Waals surface area contributed by atoms with Crippen LogP contribution in [0.2, 0.25) is 0 Å². The largest absolute Gasteiger partial charge is 0.356 e. The molecule has 1 amide bonds. The van der Waals surface area contributed by atoms with Gasteiger partial charge in [0.2, 0.25) is 5.91 Å². The maximum Gasteiger partial charge on any atom is 0.243 e. The highest BCUT2D eigenvalue weighted by atomic mass is 32.2. The van der Waals surface area contributed by atoms with E-state index in [4.69, 9.17) is 4.98 Å². The minimum atomic E-state index is -0.0136. The average Bonchev–Trinajstić information content (AvgIpc) is 3.01. The number of hydrogen-bond acceptors (Lipinski definition) is 5. The zero-order chi connectivity index (χ0) is 18.9. The van der Waals surface area contributed by atoms with Gasteiger partial charge in [-0.05, 0) is 6.26 Å². The van der Waals surface area contributed by atoms with E-state index in [0.29, 0.717) is 5.96 Å². The second kappa shape index (κ2) is 10.7. The van der Waals surface area contributed by atoms with Gasteiger partial charge in [0.25, 0.3) is 0 Å². The van der Waals surface area contributed by atoms with Crippen LogP contribution in [0.15, 0.2) is 10.4 Å². The standard InChI is InChI=1S/C17H31N5OS2/c1-17(2,3)15-21-13(12-25-15)7-8-18-16(19-9-10-24-6)20-11-14(23)22(4)5/h12H,7-11H2,1-6H3,(H2,18,19,20). The summed E-state index contributed by atoms with van der Waals surface area (Å²) in [7, 11) is 3.47. The molecule has 0 saturated carbocycles. The highest BCUT2D eigenvalue weighted by Gasteiger charge is 2.17. The van der Waals surface area contributed by atoms with Crippen LogP contribution in [-0.2, 0) is 16.6 Å². The molecule has 0 aliphatic carbocycles. The van der Waals surface area contributed by atoms with E-state index in [1.807, 2.05) is 0 Å². The Kier molecular flexibility index (Phi) is 9.27. The minimum Gasteiger partial charge on any atom is -0.356 e. The van der Waals surface area contributed by atoms with Crippen molar-refractivity contribution in [3.05, 3.63) is 16.1 Å². The molecule has 0 spiro atoms. The van der Waals surface area contributed by atoms with Gasteiger partial charge in [-0.15, -0.1) is 11.3 Å². The van der Waals surface area contributed by atoms with Crippen molar-refractivity contribution in [2.45, 2.75) is 32.6 Å². The predicted octanol–water partition coefficient (Wildman–Crippen LogP) is 1.97. The van der Waals surface area contributed by atoms with Crippen LogP contribution < -0.4 is 10.6 Å². The summed E-state index contributed by atoms with van der Waals surface area (Å²) in [6, 6.07) is 0. The first-order valence-electron chi connectivity index (χ1n) is 8.40. The molecule has 0 aliphatic rings. The molecule has 0 fully saturated rings. The molecule has 0 saturated heterocycles. The number of carbonyl (C=O) groups excluding carboxylic acids is 1. The van der Waals surface area contributed by atoms with Gasteiger partial charge in [-0.25, -0.2) is 9.98 Å². The number of rotatable bonds is 8. The van der Waals surface area contributed by atoms with Gasteiger partial charge in [-0.1, -0.05) is 20.8 Å². The number of nitrogens with zero attached hydrogens (tertiary/aromatic N) is 3. The molecule has 142 valence electrons. The van der Waals surface area contributed by atoms with Crippen LogP contribution in [0.25, 0.3) is 0 Å². The summed E-state index contributed by atoms with van der Waals surface area (Å²) in [5, 5.41) is 9.83. The van der Waals surface area contributed by atoms with E-state index in [9.17, 15) is 4.79 Å². The van der Waals surface area contributed by atoms with Gasteiger partial charge >= 0.3 is 0 Å². The first-order chi connectivity index (χ1) is 11.7. The number of aromatic nitrogens is 1. The number of amides is 1. The molecule has 0 bridgehead atoms. The van der Waals surface area contributed by atoms with Crippen LogP contribution in [0.4, 0.5) is 0 Å². The fourth-order valence-electron chi connectivity index (χ4n) is 1.81. The lowest BCUT2D eigenvalue weighted by molar-refractivity contribution is -0.127. The highest BCUT2D eigenvalue weighted by molar-refractivity contribution is 7.98. The van der Waals surface area contributed by atoms with Crippen molar-refractivity contribution < 1.29 is 4.79 Å². The van der Waals surface area contributed by atoms with Crippen LogP contribution in [0.1, 0.15) is 31.5 Å². The summed E-state index contributed by atoms with van der Waals surface area (Å²) >= 11 is 3.48. The number of likely N-dealkylation sites (N-methyl/N-ethyl adjacent to an activating group) is 1. The normalized spacial score (nSPS) is 12.2. The van der Waals surface area contributed by atoms with Gasteiger partial charge in [0, 0.05) is 50.2 Å². The van der Waals surface area contributed by atoms with Crippen molar-refractivity contribution in [3.8, 4) is 0 Å². The molecule has 1 heterocycles. The molecule has 0 radical (unpaired) electrons. The summed E-state index contributed by atoms with van der Waals surface area (Å²) in [5.41, 5.74) is 1.18. The molecular formula is C17H31N5OS2. The van der Waals surface area contributed by atoms with Crippen LogP contribution in [-0.4, -0.2) is 67.5 Å². The van der Waals surface area contributed by atoms with Gasteiger partial charge in [0.1, 0.15) is 6.54 Å². The Morgan fingerprint density at radius 3 is 2.56 bits per heavy atom.